The van der Waals surface area contributed by atoms with Gasteiger partial charge in [-0.05, 0) is 48.4 Å². The van der Waals surface area contributed by atoms with Crippen LogP contribution in [-0.2, 0) is 20.8 Å². The summed E-state index contributed by atoms with van der Waals surface area (Å²) < 4.78 is 0.965. The molecule has 2 aliphatic carbocycles. The van der Waals surface area contributed by atoms with Gasteiger partial charge < -0.3 is 5.32 Å². The van der Waals surface area contributed by atoms with Crippen LogP contribution in [0.15, 0.2) is 22.7 Å². The van der Waals surface area contributed by atoms with Crippen molar-refractivity contribution in [2.45, 2.75) is 35.8 Å². The first-order chi connectivity index (χ1) is 13.3. The summed E-state index contributed by atoms with van der Waals surface area (Å²) in [5.74, 6) is -0.439. The topological polar surface area (TPSA) is 66.5 Å². The number of benzene rings is 1. The minimum Gasteiger partial charge on any atom is -0.326 e. The van der Waals surface area contributed by atoms with Crippen LogP contribution in [0, 0.1) is 23.7 Å². The first-order valence-corrected chi connectivity index (χ1v) is 12.2. The SMILES string of the molecule is CCc1cc(Br)ccc1NC(=O)CCN1C(=O)[C@H]2[C@@H]3C[C@H]([C@@H](Br)[C@H]3Br)[C@@H]2C1=O. The largest absolute Gasteiger partial charge is 0.326 e. The monoisotopic (exact) mass is 574 g/mol. The number of fused-ring (bicyclic) bond motifs is 5. The van der Waals surface area contributed by atoms with E-state index in [1.54, 1.807) is 0 Å². The number of hydrogen-bond donors (Lipinski definition) is 1. The van der Waals surface area contributed by atoms with E-state index in [0.29, 0.717) is 0 Å². The van der Waals surface area contributed by atoms with Crippen molar-refractivity contribution in [3.8, 4) is 0 Å². The third-order valence-electron chi connectivity index (χ3n) is 6.36. The quantitative estimate of drug-likeness (QED) is 0.424. The van der Waals surface area contributed by atoms with Crippen molar-refractivity contribution in [2.24, 2.45) is 23.7 Å². The van der Waals surface area contributed by atoms with E-state index in [4.69, 9.17) is 0 Å². The maximum Gasteiger partial charge on any atom is 0.233 e. The molecule has 0 unspecified atom stereocenters. The van der Waals surface area contributed by atoms with Gasteiger partial charge in [-0.2, -0.15) is 0 Å². The Bertz CT molecular complexity index is 814. The molecular weight excluding hydrogens is 556 g/mol. The molecular formula is C20H21Br3N2O3. The molecule has 1 aliphatic heterocycles. The molecule has 2 saturated carbocycles. The summed E-state index contributed by atoms with van der Waals surface area (Å²) in [5, 5.41) is 2.91. The van der Waals surface area contributed by atoms with E-state index in [-0.39, 0.29) is 64.0 Å². The molecule has 3 fully saturated rings. The average molecular weight is 577 g/mol. The molecule has 150 valence electrons. The van der Waals surface area contributed by atoms with Gasteiger partial charge in [0.15, 0.2) is 0 Å². The van der Waals surface area contributed by atoms with E-state index in [2.05, 4.69) is 53.1 Å². The molecule has 1 aromatic rings. The van der Waals surface area contributed by atoms with Gasteiger partial charge in [-0.3, -0.25) is 19.3 Å². The van der Waals surface area contributed by atoms with Gasteiger partial charge in [0, 0.05) is 32.8 Å². The number of anilines is 1. The lowest BCUT2D eigenvalue weighted by Gasteiger charge is -2.28. The molecule has 0 spiro atoms. The number of nitrogens with one attached hydrogen (secondary N) is 1. The van der Waals surface area contributed by atoms with Crippen LogP contribution >= 0.6 is 47.8 Å². The molecule has 3 amide bonds. The maximum absolute atomic E-state index is 12.9. The lowest BCUT2D eigenvalue weighted by atomic mass is 9.81. The molecule has 0 aromatic heterocycles. The lowest BCUT2D eigenvalue weighted by molar-refractivity contribution is -0.140. The molecule has 8 heteroatoms. The highest BCUT2D eigenvalue weighted by molar-refractivity contribution is 9.12. The van der Waals surface area contributed by atoms with Crippen LogP contribution in [0.3, 0.4) is 0 Å². The Morgan fingerprint density at radius 1 is 1.14 bits per heavy atom. The number of amides is 3. The number of imide groups is 1. The fraction of sp³-hybridized carbons (Fsp3) is 0.550. The third kappa shape index (κ3) is 3.29. The second-order valence-electron chi connectivity index (χ2n) is 7.79. The lowest BCUT2D eigenvalue weighted by Crippen LogP contribution is -2.37. The van der Waals surface area contributed by atoms with E-state index in [0.717, 1.165) is 28.6 Å². The number of halogens is 3. The maximum atomic E-state index is 12.9. The number of likely N-dealkylation sites (tertiary alicyclic amines) is 1. The van der Waals surface area contributed by atoms with Crippen LogP contribution in [0.25, 0.3) is 0 Å². The van der Waals surface area contributed by atoms with Crippen LogP contribution in [0.5, 0.6) is 0 Å². The van der Waals surface area contributed by atoms with Crippen LogP contribution in [0.2, 0.25) is 0 Å². The van der Waals surface area contributed by atoms with Crippen molar-refractivity contribution in [3.63, 3.8) is 0 Å². The smallest absolute Gasteiger partial charge is 0.233 e. The molecule has 28 heavy (non-hydrogen) atoms. The Hall–Kier alpha value is -0.730. The Kier molecular flexibility index (Phi) is 5.75. The van der Waals surface area contributed by atoms with Crippen molar-refractivity contribution in [3.05, 3.63) is 28.2 Å². The predicted octanol–water partition coefficient (Wildman–Crippen LogP) is 4.12. The number of rotatable bonds is 5. The number of nitrogens with zero attached hydrogens (tertiary/aromatic N) is 1. The van der Waals surface area contributed by atoms with Crippen molar-refractivity contribution in [1.82, 2.24) is 4.90 Å². The minimum absolute atomic E-state index is 0.1000. The zero-order valence-electron chi connectivity index (χ0n) is 15.3. The van der Waals surface area contributed by atoms with Crippen molar-refractivity contribution >= 4 is 71.2 Å². The first-order valence-electron chi connectivity index (χ1n) is 9.55. The van der Waals surface area contributed by atoms with Crippen molar-refractivity contribution in [2.75, 3.05) is 11.9 Å². The second-order valence-corrected chi connectivity index (χ2v) is 10.8. The normalized spacial score (nSPS) is 33.5. The van der Waals surface area contributed by atoms with Crippen molar-refractivity contribution in [1.29, 1.82) is 0 Å². The summed E-state index contributed by atoms with van der Waals surface area (Å²) in [6.45, 7) is 2.17. The van der Waals surface area contributed by atoms with Gasteiger partial charge in [0.1, 0.15) is 0 Å². The summed E-state index contributed by atoms with van der Waals surface area (Å²) >= 11 is 10.8. The van der Waals surface area contributed by atoms with Crippen LogP contribution in [0.4, 0.5) is 5.69 Å². The molecule has 1 N–H and O–H groups in total. The molecule has 3 aliphatic rings. The Morgan fingerprint density at radius 3 is 2.32 bits per heavy atom. The fourth-order valence-corrected chi connectivity index (χ4v) is 7.32. The summed E-state index contributed by atoms with van der Waals surface area (Å²) in [7, 11) is 0. The Morgan fingerprint density at radius 2 is 1.75 bits per heavy atom. The molecule has 1 aromatic carbocycles. The highest BCUT2D eigenvalue weighted by Gasteiger charge is 2.66. The van der Waals surface area contributed by atoms with Gasteiger partial charge in [0.2, 0.25) is 17.7 Å². The molecule has 5 nitrogen and oxygen atoms in total. The minimum atomic E-state index is -0.225. The third-order valence-corrected chi connectivity index (χ3v) is 10.1. The van der Waals surface area contributed by atoms with E-state index < -0.39 is 0 Å². The Balaban J connectivity index is 1.40. The van der Waals surface area contributed by atoms with E-state index in [9.17, 15) is 14.4 Å². The molecule has 0 radical (unpaired) electrons. The Labute approximate surface area is 189 Å². The number of carbonyl (C=O) groups excluding carboxylic acids is 3. The second kappa shape index (κ2) is 7.84. The van der Waals surface area contributed by atoms with Gasteiger partial charge >= 0.3 is 0 Å². The summed E-state index contributed by atoms with van der Waals surface area (Å²) in [6, 6.07) is 5.72. The van der Waals surface area contributed by atoms with E-state index >= 15 is 0 Å². The first kappa shape index (κ1) is 20.5. The van der Waals surface area contributed by atoms with Gasteiger partial charge in [0.25, 0.3) is 0 Å². The number of hydrogen-bond acceptors (Lipinski definition) is 3. The molecule has 1 saturated heterocycles. The number of aryl methyl sites for hydroxylation is 1. The van der Waals surface area contributed by atoms with Crippen LogP contribution in [-0.4, -0.2) is 38.8 Å². The van der Waals surface area contributed by atoms with Crippen molar-refractivity contribution < 1.29 is 14.4 Å². The van der Waals surface area contributed by atoms with E-state index in [1.807, 2.05) is 25.1 Å². The number of carbonyl (C=O) groups is 3. The predicted molar refractivity (Wildman–Crippen MR) is 117 cm³/mol. The molecule has 1 heterocycles. The standard InChI is InChI=1S/C20H21Br3N2O3/c1-2-9-7-10(21)3-4-13(9)24-14(26)5-6-25-19(27)15-11-8-12(16(15)20(25)28)18(23)17(11)22/h3-4,7,11-12,15-18H,2,5-6,8H2,1H3,(H,24,26)/t11-,12-,15-,16-,17-,18+/m0/s1. The summed E-state index contributed by atoms with van der Waals surface area (Å²) in [4.78, 5) is 40.0. The molecule has 4 rings (SSSR count). The van der Waals surface area contributed by atoms with Crippen LogP contribution < -0.4 is 5.32 Å². The van der Waals surface area contributed by atoms with E-state index in [1.165, 1.54) is 4.90 Å². The number of alkyl halides is 2. The highest BCUT2D eigenvalue weighted by Crippen LogP contribution is 2.60. The summed E-state index contributed by atoms with van der Waals surface area (Å²) in [5.41, 5.74) is 1.81. The molecule has 2 bridgehead atoms. The zero-order valence-corrected chi connectivity index (χ0v) is 20.1. The molecule has 6 atom stereocenters. The van der Waals surface area contributed by atoms with Gasteiger partial charge in [-0.25, -0.2) is 0 Å². The van der Waals surface area contributed by atoms with Crippen LogP contribution in [0.1, 0.15) is 25.3 Å². The van der Waals surface area contributed by atoms with Gasteiger partial charge in [0.05, 0.1) is 11.8 Å². The zero-order chi connectivity index (χ0) is 20.2. The highest BCUT2D eigenvalue weighted by atomic mass is 79.9. The fourth-order valence-electron chi connectivity index (χ4n) is 5.03. The van der Waals surface area contributed by atoms with Gasteiger partial charge in [-0.15, -0.1) is 0 Å². The van der Waals surface area contributed by atoms with Gasteiger partial charge in [-0.1, -0.05) is 54.7 Å². The average Bonchev–Trinajstić information content (AvgIpc) is 3.27. The summed E-state index contributed by atoms with van der Waals surface area (Å²) in [6.07, 6.45) is 1.82.